The Kier molecular flexibility index (Phi) is 4.92. The molecule has 0 atom stereocenters. The first kappa shape index (κ1) is 15.2. The maximum absolute atomic E-state index is 12.1. The van der Waals surface area contributed by atoms with Gasteiger partial charge in [0, 0.05) is 16.6 Å². The first-order chi connectivity index (χ1) is 9.47. The fourth-order valence-corrected chi connectivity index (χ4v) is 2.54. The van der Waals surface area contributed by atoms with Crippen molar-refractivity contribution in [1.29, 1.82) is 0 Å². The molecule has 0 aliphatic carbocycles. The van der Waals surface area contributed by atoms with E-state index in [1.165, 1.54) is 0 Å². The number of halogens is 3. The molecule has 1 amide bonds. The highest BCUT2D eigenvalue weighted by atomic mass is 35.5. The first-order valence-electron chi connectivity index (χ1n) is 5.95. The molecule has 2 aromatic rings. The first-order valence-corrected chi connectivity index (χ1v) is 7.09. The van der Waals surface area contributed by atoms with E-state index in [9.17, 15) is 4.79 Å². The molecule has 1 N–H and O–H groups in total. The third-order valence-electron chi connectivity index (χ3n) is 2.82. The second kappa shape index (κ2) is 6.49. The lowest BCUT2D eigenvalue weighted by atomic mass is 10.1. The minimum atomic E-state index is -0.235. The number of rotatable bonds is 3. The minimum Gasteiger partial charge on any atom is -0.348 e. The van der Waals surface area contributed by atoms with Crippen molar-refractivity contribution in [3.05, 3.63) is 68.2 Å². The summed E-state index contributed by atoms with van der Waals surface area (Å²) in [4.78, 5) is 12.1. The normalized spacial score (nSPS) is 10.4. The Bertz CT molecular complexity index is 656. The summed E-state index contributed by atoms with van der Waals surface area (Å²) >= 11 is 17.9. The molecule has 0 fully saturated rings. The van der Waals surface area contributed by atoms with E-state index in [1.807, 2.05) is 13.0 Å². The summed E-state index contributed by atoms with van der Waals surface area (Å²) in [5.74, 6) is -0.235. The number of nitrogens with one attached hydrogen (secondary N) is 1. The van der Waals surface area contributed by atoms with Crippen LogP contribution in [-0.4, -0.2) is 5.91 Å². The van der Waals surface area contributed by atoms with Gasteiger partial charge in [-0.15, -0.1) is 0 Å². The highest BCUT2D eigenvalue weighted by Gasteiger charge is 2.10. The van der Waals surface area contributed by atoms with E-state index in [0.29, 0.717) is 27.2 Å². The van der Waals surface area contributed by atoms with E-state index in [4.69, 9.17) is 34.8 Å². The average Bonchev–Trinajstić information content (AvgIpc) is 2.37. The van der Waals surface area contributed by atoms with Crippen LogP contribution in [0, 0.1) is 6.92 Å². The molecule has 2 aromatic carbocycles. The molecule has 0 aromatic heterocycles. The highest BCUT2D eigenvalue weighted by Crippen LogP contribution is 2.21. The Morgan fingerprint density at radius 3 is 2.45 bits per heavy atom. The van der Waals surface area contributed by atoms with Crippen molar-refractivity contribution in [2.45, 2.75) is 13.5 Å². The van der Waals surface area contributed by atoms with Gasteiger partial charge in [0.1, 0.15) is 0 Å². The fraction of sp³-hybridized carbons (Fsp3) is 0.133. The van der Waals surface area contributed by atoms with E-state index in [2.05, 4.69) is 5.32 Å². The Labute approximate surface area is 132 Å². The molecule has 0 radical (unpaired) electrons. The molecule has 0 heterocycles. The summed E-state index contributed by atoms with van der Waals surface area (Å²) < 4.78 is 0. The van der Waals surface area contributed by atoms with Crippen LogP contribution in [0.3, 0.4) is 0 Å². The number of carbonyl (C=O) groups excluding carboxylic acids is 1. The molecule has 0 saturated carbocycles. The van der Waals surface area contributed by atoms with Gasteiger partial charge >= 0.3 is 0 Å². The topological polar surface area (TPSA) is 29.1 Å². The van der Waals surface area contributed by atoms with Crippen molar-refractivity contribution in [3.8, 4) is 0 Å². The Balaban J connectivity index is 2.08. The predicted molar refractivity (Wildman–Crippen MR) is 83.8 cm³/mol. The SMILES string of the molecule is Cc1ccc(C(=O)NCc2ccc(Cl)cc2Cl)c(Cl)c1. The highest BCUT2D eigenvalue weighted by molar-refractivity contribution is 6.35. The number of carbonyl (C=O) groups is 1. The molecule has 5 heteroatoms. The van der Waals surface area contributed by atoms with Crippen LogP contribution in [0.4, 0.5) is 0 Å². The second-order valence-corrected chi connectivity index (χ2v) is 5.65. The van der Waals surface area contributed by atoms with Gasteiger partial charge in [-0.2, -0.15) is 0 Å². The number of benzene rings is 2. The van der Waals surface area contributed by atoms with Crippen molar-refractivity contribution in [2.24, 2.45) is 0 Å². The Morgan fingerprint density at radius 2 is 1.80 bits per heavy atom. The quantitative estimate of drug-likeness (QED) is 0.854. The van der Waals surface area contributed by atoms with E-state index in [0.717, 1.165) is 11.1 Å². The summed E-state index contributed by atoms with van der Waals surface area (Å²) in [5, 5.41) is 4.30. The summed E-state index contributed by atoms with van der Waals surface area (Å²) in [6.45, 7) is 2.24. The second-order valence-electron chi connectivity index (χ2n) is 4.40. The average molecular weight is 329 g/mol. The Morgan fingerprint density at radius 1 is 1.05 bits per heavy atom. The third-order valence-corrected chi connectivity index (χ3v) is 3.72. The molecule has 0 bridgehead atoms. The predicted octanol–water partition coefficient (Wildman–Crippen LogP) is 4.89. The zero-order valence-electron chi connectivity index (χ0n) is 10.7. The van der Waals surface area contributed by atoms with Gasteiger partial charge in [-0.1, -0.05) is 46.9 Å². The van der Waals surface area contributed by atoms with Gasteiger partial charge < -0.3 is 5.32 Å². The van der Waals surface area contributed by atoms with Gasteiger partial charge in [0.25, 0.3) is 5.91 Å². The maximum atomic E-state index is 12.1. The monoisotopic (exact) mass is 327 g/mol. The number of amides is 1. The Hall–Kier alpha value is -1.22. The molecule has 0 saturated heterocycles. The molecular weight excluding hydrogens is 317 g/mol. The number of hydrogen-bond donors (Lipinski definition) is 1. The van der Waals surface area contributed by atoms with Gasteiger partial charge in [0.15, 0.2) is 0 Å². The standard InChI is InChI=1S/C15H12Cl3NO/c1-9-2-5-12(14(18)6-9)15(20)19-8-10-3-4-11(16)7-13(10)17/h2-7H,8H2,1H3,(H,19,20). The molecule has 0 aliphatic heterocycles. The zero-order chi connectivity index (χ0) is 14.7. The van der Waals surface area contributed by atoms with Crippen molar-refractivity contribution in [3.63, 3.8) is 0 Å². The van der Waals surface area contributed by atoms with Crippen molar-refractivity contribution in [2.75, 3.05) is 0 Å². The van der Waals surface area contributed by atoms with Gasteiger partial charge in [-0.05, 0) is 42.3 Å². The van der Waals surface area contributed by atoms with Crippen molar-refractivity contribution >= 4 is 40.7 Å². The summed E-state index contributed by atoms with van der Waals surface area (Å²) in [6.07, 6.45) is 0. The lowest BCUT2D eigenvalue weighted by Crippen LogP contribution is -2.23. The van der Waals surface area contributed by atoms with E-state index in [-0.39, 0.29) is 5.91 Å². The maximum Gasteiger partial charge on any atom is 0.253 e. The van der Waals surface area contributed by atoms with Crippen LogP contribution in [0.2, 0.25) is 15.1 Å². The van der Waals surface area contributed by atoms with Crippen LogP contribution in [0.25, 0.3) is 0 Å². The minimum absolute atomic E-state index is 0.235. The lowest BCUT2D eigenvalue weighted by molar-refractivity contribution is 0.0951. The molecule has 2 rings (SSSR count). The molecule has 20 heavy (non-hydrogen) atoms. The third kappa shape index (κ3) is 3.66. The molecule has 104 valence electrons. The molecule has 0 aliphatic rings. The summed E-state index contributed by atoms with van der Waals surface area (Å²) in [6, 6.07) is 10.5. The van der Waals surface area contributed by atoms with Crippen LogP contribution in [-0.2, 0) is 6.54 Å². The zero-order valence-corrected chi connectivity index (χ0v) is 13.0. The van der Waals surface area contributed by atoms with Crippen LogP contribution in [0.15, 0.2) is 36.4 Å². The smallest absolute Gasteiger partial charge is 0.253 e. The fourth-order valence-electron chi connectivity index (χ4n) is 1.74. The van der Waals surface area contributed by atoms with Crippen LogP contribution >= 0.6 is 34.8 Å². The van der Waals surface area contributed by atoms with Crippen molar-refractivity contribution < 1.29 is 4.79 Å². The van der Waals surface area contributed by atoms with Crippen molar-refractivity contribution in [1.82, 2.24) is 5.32 Å². The van der Waals surface area contributed by atoms with Gasteiger partial charge in [-0.25, -0.2) is 0 Å². The molecular formula is C15H12Cl3NO. The lowest BCUT2D eigenvalue weighted by Gasteiger charge is -2.09. The van der Waals surface area contributed by atoms with Gasteiger partial charge in [0.05, 0.1) is 10.6 Å². The molecule has 0 spiro atoms. The molecule has 0 unspecified atom stereocenters. The van der Waals surface area contributed by atoms with Crippen LogP contribution in [0.5, 0.6) is 0 Å². The summed E-state index contributed by atoms with van der Waals surface area (Å²) in [5.41, 5.74) is 2.25. The summed E-state index contributed by atoms with van der Waals surface area (Å²) in [7, 11) is 0. The van der Waals surface area contributed by atoms with E-state index < -0.39 is 0 Å². The van der Waals surface area contributed by atoms with Gasteiger partial charge in [-0.3, -0.25) is 4.79 Å². The van der Waals surface area contributed by atoms with Crippen LogP contribution in [0.1, 0.15) is 21.5 Å². The number of aryl methyl sites for hydroxylation is 1. The largest absolute Gasteiger partial charge is 0.348 e. The number of hydrogen-bond acceptors (Lipinski definition) is 1. The van der Waals surface area contributed by atoms with E-state index in [1.54, 1.807) is 30.3 Å². The van der Waals surface area contributed by atoms with Crippen LogP contribution < -0.4 is 5.32 Å². The van der Waals surface area contributed by atoms with E-state index >= 15 is 0 Å². The molecule has 2 nitrogen and oxygen atoms in total. The van der Waals surface area contributed by atoms with Gasteiger partial charge in [0.2, 0.25) is 0 Å².